The molecule has 6 nitrogen and oxygen atoms in total. The van der Waals surface area contributed by atoms with Crippen LogP contribution in [0.4, 0.5) is 5.95 Å². The molecule has 0 bridgehead atoms. The highest BCUT2D eigenvalue weighted by Gasteiger charge is 2.13. The first kappa shape index (κ1) is 15.6. The van der Waals surface area contributed by atoms with Crippen molar-refractivity contribution in [1.82, 2.24) is 19.1 Å². The molecule has 0 saturated heterocycles. The Balaban J connectivity index is 2.07. The summed E-state index contributed by atoms with van der Waals surface area (Å²) in [7, 11) is 1.81. The number of benzene rings is 1. The average Bonchev–Trinajstić information content (AvgIpc) is 2.95. The van der Waals surface area contributed by atoms with Gasteiger partial charge < -0.3 is 4.57 Å². The van der Waals surface area contributed by atoms with E-state index in [-0.39, 0.29) is 10.4 Å². The van der Waals surface area contributed by atoms with Crippen LogP contribution in [-0.2, 0) is 13.6 Å². The number of hydrogen-bond donors (Lipinski definition) is 0. The average molecular weight is 374 g/mol. The molecule has 0 saturated carbocycles. The second-order valence-corrected chi connectivity index (χ2v) is 6.71. The third-order valence-corrected chi connectivity index (χ3v) is 3.67. The molecule has 0 aliphatic heterocycles. The van der Waals surface area contributed by atoms with E-state index in [1.165, 1.54) is 0 Å². The maximum atomic E-state index is 12.4. The Labute approximate surface area is 141 Å². The lowest BCUT2D eigenvalue weighted by Gasteiger charge is -2.06. The highest BCUT2D eigenvalue weighted by molar-refractivity contribution is 9.09. The molecule has 23 heavy (non-hydrogen) atoms. The number of nitrogens with zero attached hydrogens (tertiary/aromatic N) is 5. The van der Waals surface area contributed by atoms with Gasteiger partial charge in [0, 0.05) is 24.6 Å². The quantitative estimate of drug-likeness (QED) is 0.521. The molecule has 0 amide bonds. The molecule has 0 radical (unpaired) electrons. The fourth-order valence-electron chi connectivity index (χ4n) is 2.33. The molecule has 0 aliphatic carbocycles. The maximum Gasteiger partial charge on any atom is 0.300 e. The van der Waals surface area contributed by atoms with Crippen molar-refractivity contribution in [3.8, 4) is 0 Å². The lowest BCUT2D eigenvalue weighted by atomic mass is 10.2. The van der Waals surface area contributed by atoms with E-state index in [4.69, 9.17) is 0 Å². The molecule has 0 fully saturated rings. The Bertz CT molecular complexity index is 911. The first-order valence-corrected chi connectivity index (χ1v) is 8.12. The van der Waals surface area contributed by atoms with Crippen LogP contribution >= 0.6 is 15.9 Å². The molecule has 0 N–H and O–H groups in total. The summed E-state index contributed by atoms with van der Waals surface area (Å²) in [6.45, 7) is 2.52. The largest absolute Gasteiger partial charge is 0.320 e. The van der Waals surface area contributed by atoms with E-state index in [0.717, 1.165) is 5.56 Å². The molecule has 1 unspecified atom stereocenters. The van der Waals surface area contributed by atoms with Crippen molar-refractivity contribution in [2.75, 3.05) is 0 Å². The van der Waals surface area contributed by atoms with E-state index in [2.05, 4.69) is 30.9 Å². The molecule has 1 atom stereocenters. The molecule has 118 valence electrons. The van der Waals surface area contributed by atoms with Crippen molar-refractivity contribution < 1.29 is 0 Å². The zero-order valence-corrected chi connectivity index (χ0v) is 14.4. The summed E-state index contributed by atoms with van der Waals surface area (Å²) in [5.41, 5.74) is 1.85. The molecule has 1 aromatic carbocycles. The minimum atomic E-state index is -0.319. The van der Waals surface area contributed by atoms with E-state index in [1.54, 1.807) is 24.2 Å². The predicted octanol–water partition coefficient (Wildman–Crippen LogP) is 2.66. The number of aryl methyl sites for hydroxylation is 1. The Morgan fingerprint density at radius 2 is 2.09 bits per heavy atom. The van der Waals surface area contributed by atoms with Crippen LogP contribution in [0.5, 0.6) is 0 Å². The lowest BCUT2D eigenvalue weighted by Crippen LogP contribution is -2.15. The highest BCUT2D eigenvalue weighted by atomic mass is 79.9. The number of halogens is 1. The third kappa shape index (κ3) is 3.24. The van der Waals surface area contributed by atoms with Gasteiger partial charge in [0.25, 0.3) is 0 Å². The summed E-state index contributed by atoms with van der Waals surface area (Å²) in [6.07, 6.45) is 3.36. The van der Waals surface area contributed by atoms with Gasteiger partial charge in [0.2, 0.25) is 5.95 Å². The van der Waals surface area contributed by atoms with Crippen LogP contribution in [0.2, 0.25) is 0 Å². The van der Waals surface area contributed by atoms with Gasteiger partial charge in [-0.2, -0.15) is 4.98 Å². The van der Waals surface area contributed by atoms with Crippen LogP contribution in [0.3, 0.4) is 0 Å². The number of fused-ring (bicyclic) bond motifs is 1. The van der Waals surface area contributed by atoms with Gasteiger partial charge in [-0.15, -0.1) is 0 Å². The fourth-order valence-corrected chi connectivity index (χ4v) is 2.45. The Hall–Kier alpha value is -2.28. The first-order chi connectivity index (χ1) is 11.1. The van der Waals surface area contributed by atoms with Crippen LogP contribution < -0.4 is 5.56 Å². The summed E-state index contributed by atoms with van der Waals surface area (Å²) < 4.78 is 3.55. The van der Waals surface area contributed by atoms with Gasteiger partial charge in [-0.3, -0.25) is 9.36 Å². The van der Waals surface area contributed by atoms with Crippen LogP contribution in [0.25, 0.3) is 11.2 Å². The third-order valence-electron chi connectivity index (χ3n) is 3.43. The van der Waals surface area contributed by atoms with E-state index in [9.17, 15) is 4.79 Å². The van der Waals surface area contributed by atoms with Gasteiger partial charge in [-0.05, 0) is 12.5 Å². The Kier molecular flexibility index (Phi) is 4.38. The zero-order valence-electron chi connectivity index (χ0n) is 12.8. The van der Waals surface area contributed by atoms with E-state index in [1.807, 2.05) is 41.8 Å². The summed E-state index contributed by atoms with van der Waals surface area (Å²) in [6, 6.07) is 9.93. The topological polar surface area (TPSA) is 65.1 Å². The monoisotopic (exact) mass is 373 g/mol. The van der Waals surface area contributed by atoms with Gasteiger partial charge >= 0.3 is 5.56 Å². The fraction of sp³-hybridized carbons (Fsp3) is 0.250. The van der Waals surface area contributed by atoms with Crippen LogP contribution in [0.15, 0.2) is 46.4 Å². The maximum absolute atomic E-state index is 12.4. The molecule has 3 aromatic rings. The Morgan fingerprint density at radius 3 is 2.78 bits per heavy atom. The standard InChI is InChI=1S/C16H16BrN5O/c1-11(17)8-18-16-20-15(23)13-14(21(16)2)19-10-22(13)9-12-6-4-3-5-7-12/h3-8,10-11H,9H2,1-2H3/b18-8-. The molecule has 0 aliphatic rings. The molecule has 2 aromatic heterocycles. The normalized spacial score (nSPS) is 13.0. The number of imidazole rings is 1. The van der Waals surface area contributed by atoms with Crippen LogP contribution in [0, 0.1) is 0 Å². The molecule has 2 heterocycles. The van der Waals surface area contributed by atoms with Gasteiger partial charge in [0.05, 0.1) is 6.33 Å². The van der Waals surface area contributed by atoms with Crippen LogP contribution in [-0.4, -0.2) is 30.1 Å². The minimum absolute atomic E-state index is 0.103. The van der Waals surface area contributed by atoms with Crippen LogP contribution in [0.1, 0.15) is 12.5 Å². The van der Waals surface area contributed by atoms with Gasteiger partial charge in [-0.25, -0.2) is 9.98 Å². The molecule has 3 rings (SSSR count). The summed E-state index contributed by atoms with van der Waals surface area (Å²) in [5, 5.41) is 0. The van der Waals surface area contributed by atoms with Crippen molar-refractivity contribution in [2.45, 2.75) is 18.3 Å². The van der Waals surface area contributed by atoms with Crippen molar-refractivity contribution in [2.24, 2.45) is 12.0 Å². The molecule has 0 spiro atoms. The van der Waals surface area contributed by atoms with Gasteiger partial charge in [0.15, 0.2) is 11.2 Å². The first-order valence-electron chi connectivity index (χ1n) is 7.20. The Morgan fingerprint density at radius 1 is 1.35 bits per heavy atom. The summed E-state index contributed by atoms with van der Waals surface area (Å²) in [4.78, 5) is 25.2. The second kappa shape index (κ2) is 6.45. The number of alkyl halides is 1. The SMILES string of the molecule is CC(Br)/C=N\c1nc(=O)c2c(ncn2Cc2ccccc2)n1C. The summed E-state index contributed by atoms with van der Waals surface area (Å²) in [5.74, 6) is 0.346. The smallest absolute Gasteiger partial charge is 0.300 e. The highest BCUT2D eigenvalue weighted by Crippen LogP contribution is 2.15. The van der Waals surface area contributed by atoms with Gasteiger partial charge in [-0.1, -0.05) is 46.3 Å². The van der Waals surface area contributed by atoms with E-state index >= 15 is 0 Å². The summed E-state index contributed by atoms with van der Waals surface area (Å²) >= 11 is 3.38. The van der Waals surface area contributed by atoms with E-state index < -0.39 is 0 Å². The molecule has 7 heteroatoms. The predicted molar refractivity (Wildman–Crippen MR) is 94.9 cm³/mol. The second-order valence-electron chi connectivity index (χ2n) is 5.26. The van der Waals surface area contributed by atoms with Crippen molar-refractivity contribution in [3.05, 3.63) is 52.6 Å². The minimum Gasteiger partial charge on any atom is -0.320 e. The van der Waals surface area contributed by atoms with E-state index in [0.29, 0.717) is 23.7 Å². The number of aliphatic imine (C=N–C) groups is 1. The zero-order chi connectivity index (χ0) is 16.4. The molecular weight excluding hydrogens is 358 g/mol. The number of aromatic nitrogens is 4. The van der Waals surface area contributed by atoms with Crippen molar-refractivity contribution >= 4 is 39.3 Å². The van der Waals surface area contributed by atoms with Crippen molar-refractivity contribution in [1.29, 1.82) is 0 Å². The number of rotatable bonds is 4. The number of hydrogen-bond acceptors (Lipinski definition) is 4. The lowest BCUT2D eigenvalue weighted by molar-refractivity contribution is 0.817. The molecular formula is C16H16BrN5O. The van der Waals surface area contributed by atoms with Crippen molar-refractivity contribution in [3.63, 3.8) is 0 Å². The van der Waals surface area contributed by atoms with Gasteiger partial charge in [0.1, 0.15) is 0 Å².